The van der Waals surface area contributed by atoms with E-state index in [9.17, 15) is 9.59 Å². The molecule has 126 valence electrons. The third kappa shape index (κ3) is 5.85. The van der Waals surface area contributed by atoms with E-state index in [1.807, 2.05) is 30.3 Å². The van der Waals surface area contributed by atoms with Crippen molar-refractivity contribution in [3.63, 3.8) is 0 Å². The first kappa shape index (κ1) is 17.7. The summed E-state index contributed by atoms with van der Waals surface area (Å²) in [7, 11) is 0. The van der Waals surface area contributed by atoms with Crippen LogP contribution in [0.3, 0.4) is 0 Å². The van der Waals surface area contributed by atoms with Crippen molar-refractivity contribution >= 4 is 17.5 Å². The zero-order valence-electron chi connectivity index (χ0n) is 13.5. The van der Waals surface area contributed by atoms with Gasteiger partial charge in [0.2, 0.25) is 0 Å². The van der Waals surface area contributed by atoms with Crippen molar-refractivity contribution in [2.75, 3.05) is 18.5 Å². The molecule has 0 spiro atoms. The lowest BCUT2D eigenvalue weighted by atomic mass is 10.0. The number of carbonyl (C=O) groups is 2. The predicted octanol–water partition coefficient (Wildman–Crippen LogP) is 1.91. The topological polar surface area (TPSA) is 78.4 Å². The molecule has 0 unspecified atom stereocenters. The zero-order chi connectivity index (χ0) is 17.2. The Hall–Kier alpha value is -2.66. The van der Waals surface area contributed by atoms with Crippen LogP contribution in [-0.4, -0.2) is 30.1 Å². The van der Waals surface area contributed by atoms with Crippen molar-refractivity contribution in [2.24, 2.45) is 0 Å². The maximum Gasteiger partial charge on any atom is 0.313 e. The van der Waals surface area contributed by atoms with Crippen LogP contribution in [0.4, 0.5) is 5.69 Å². The average molecular weight is 326 g/mol. The van der Waals surface area contributed by atoms with Crippen LogP contribution < -0.4 is 10.6 Å². The second-order valence-corrected chi connectivity index (χ2v) is 5.47. The fourth-order valence-electron chi connectivity index (χ4n) is 2.33. The van der Waals surface area contributed by atoms with Crippen LogP contribution in [0.2, 0.25) is 0 Å². The van der Waals surface area contributed by atoms with E-state index in [4.69, 9.17) is 5.11 Å². The molecule has 0 aromatic heterocycles. The van der Waals surface area contributed by atoms with Gasteiger partial charge in [-0.15, -0.1) is 0 Å². The fourth-order valence-corrected chi connectivity index (χ4v) is 2.33. The van der Waals surface area contributed by atoms with Gasteiger partial charge in [-0.2, -0.15) is 0 Å². The normalized spacial score (nSPS) is 10.2. The summed E-state index contributed by atoms with van der Waals surface area (Å²) in [5.74, 6) is -1.49. The molecule has 0 aliphatic carbocycles. The molecule has 0 aliphatic heterocycles. The zero-order valence-corrected chi connectivity index (χ0v) is 13.5. The smallest absolute Gasteiger partial charge is 0.313 e. The summed E-state index contributed by atoms with van der Waals surface area (Å²) in [5, 5.41) is 13.4. The number of aliphatic hydroxyl groups is 1. The van der Waals surface area contributed by atoms with Crippen LogP contribution in [0.25, 0.3) is 0 Å². The van der Waals surface area contributed by atoms with Crippen LogP contribution in [0.5, 0.6) is 0 Å². The number of aliphatic hydroxyl groups excluding tert-OH is 1. The van der Waals surface area contributed by atoms with Gasteiger partial charge < -0.3 is 15.7 Å². The molecule has 2 aromatic carbocycles. The number of nitrogens with one attached hydrogen (secondary N) is 2. The second kappa shape index (κ2) is 9.47. The molecule has 0 saturated heterocycles. The van der Waals surface area contributed by atoms with Crippen molar-refractivity contribution in [3.05, 3.63) is 65.7 Å². The van der Waals surface area contributed by atoms with Gasteiger partial charge in [-0.1, -0.05) is 42.5 Å². The lowest BCUT2D eigenvalue weighted by Gasteiger charge is -2.07. The Morgan fingerprint density at radius 1 is 0.833 bits per heavy atom. The molecule has 3 N–H and O–H groups in total. The van der Waals surface area contributed by atoms with E-state index in [0.717, 1.165) is 19.3 Å². The number of carbonyl (C=O) groups excluding carboxylic acids is 2. The Kier molecular flexibility index (Phi) is 6.98. The van der Waals surface area contributed by atoms with Crippen molar-refractivity contribution < 1.29 is 14.7 Å². The minimum atomic E-state index is -0.754. The molecule has 0 bridgehead atoms. The van der Waals surface area contributed by atoms with Crippen molar-refractivity contribution in [2.45, 2.75) is 19.3 Å². The molecular formula is C19H22N2O3. The molecule has 0 fully saturated rings. The van der Waals surface area contributed by atoms with Gasteiger partial charge in [0.05, 0.1) is 6.61 Å². The Labute approximate surface area is 141 Å². The number of hydrogen-bond donors (Lipinski definition) is 3. The molecule has 0 heterocycles. The molecule has 24 heavy (non-hydrogen) atoms. The first-order valence-electron chi connectivity index (χ1n) is 8.02. The highest BCUT2D eigenvalue weighted by Crippen LogP contribution is 2.12. The summed E-state index contributed by atoms with van der Waals surface area (Å²) in [6.07, 6.45) is 3.05. The van der Waals surface area contributed by atoms with Crippen molar-refractivity contribution in [1.82, 2.24) is 5.32 Å². The third-order valence-corrected chi connectivity index (χ3v) is 3.59. The Morgan fingerprint density at radius 2 is 1.46 bits per heavy atom. The Bertz CT molecular complexity index is 654. The van der Waals surface area contributed by atoms with E-state index in [0.29, 0.717) is 5.69 Å². The summed E-state index contributed by atoms with van der Waals surface area (Å²) in [6.45, 7) is -0.136. The van der Waals surface area contributed by atoms with Crippen molar-refractivity contribution in [3.8, 4) is 0 Å². The second-order valence-electron chi connectivity index (χ2n) is 5.47. The van der Waals surface area contributed by atoms with Gasteiger partial charge in [0.15, 0.2) is 0 Å². The summed E-state index contributed by atoms with van der Waals surface area (Å²) in [5.41, 5.74) is 3.09. The van der Waals surface area contributed by atoms with E-state index < -0.39 is 11.8 Å². The maximum atomic E-state index is 11.6. The fraction of sp³-hybridized carbons (Fsp3) is 0.263. The minimum Gasteiger partial charge on any atom is -0.395 e. The van der Waals surface area contributed by atoms with E-state index in [1.165, 1.54) is 11.1 Å². The monoisotopic (exact) mass is 326 g/mol. The molecule has 2 amide bonds. The molecule has 2 rings (SSSR count). The summed E-state index contributed by atoms with van der Waals surface area (Å²) in [6, 6.07) is 17.8. The van der Waals surface area contributed by atoms with Crippen LogP contribution in [0, 0.1) is 0 Å². The summed E-state index contributed by atoms with van der Waals surface area (Å²) in [4.78, 5) is 23.0. The number of amides is 2. The number of rotatable bonds is 7. The molecular weight excluding hydrogens is 304 g/mol. The lowest BCUT2D eigenvalue weighted by molar-refractivity contribution is -0.136. The van der Waals surface area contributed by atoms with Crippen LogP contribution in [0.15, 0.2) is 54.6 Å². The molecule has 2 aromatic rings. The van der Waals surface area contributed by atoms with E-state index in [2.05, 4.69) is 22.8 Å². The first-order chi connectivity index (χ1) is 11.7. The highest BCUT2D eigenvalue weighted by atomic mass is 16.3. The number of benzene rings is 2. The molecule has 0 atom stereocenters. The van der Waals surface area contributed by atoms with Crippen LogP contribution in [-0.2, 0) is 22.4 Å². The molecule has 0 saturated carbocycles. The van der Waals surface area contributed by atoms with E-state index >= 15 is 0 Å². The Morgan fingerprint density at radius 3 is 2.08 bits per heavy atom. The predicted molar refractivity (Wildman–Crippen MR) is 93.6 cm³/mol. The SMILES string of the molecule is O=C(NCCO)C(=O)Nc1ccc(CCCc2ccccc2)cc1. The number of anilines is 1. The van der Waals surface area contributed by atoms with Gasteiger partial charge in [0, 0.05) is 12.2 Å². The lowest BCUT2D eigenvalue weighted by Crippen LogP contribution is -2.36. The molecule has 0 aliphatic rings. The highest BCUT2D eigenvalue weighted by Gasteiger charge is 2.12. The van der Waals surface area contributed by atoms with Gasteiger partial charge in [-0.25, -0.2) is 0 Å². The van der Waals surface area contributed by atoms with Gasteiger partial charge in [0.25, 0.3) is 0 Å². The highest BCUT2D eigenvalue weighted by molar-refractivity contribution is 6.39. The minimum absolute atomic E-state index is 0.0621. The quantitative estimate of drug-likeness (QED) is 0.680. The largest absolute Gasteiger partial charge is 0.395 e. The third-order valence-electron chi connectivity index (χ3n) is 3.59. The van der Waals surface area contributed by atoms with Crippen LogP contribution >= 0.6 is 0 Å². The van der Waals surface area contributed by atoms with Gasteiger partial charge in [0.1, 0.15) is 0 Å². The first-order valence-corrected chi connectivity index (χ1v) is 8.02. The number of hydrogen-bond acceptors (Lipinski definition) is 3. The maximum absolute atomic E-state index is 11.6. The van der Waals surface area contributed by atoms with E-state index in [1.54, 1.807) is 12.1 Å². The standard InChI is InChI=1S/C19H22N2O3/c22-14-13-20-18(23)19(24)21-17-11-9-16(10-12-17)8-4-7-15-5-2-1-3-6-15/h1-3,5-6,9-12,22H,4,7-8,13-14H2,(H,20,23)(H,21,24). The van der Waals surface area contributed by atoms with Gasteiger partial charge >= 0.3 is 11.8 Å². The molecule has 0 radical (unpaired) electrons. The number of aryl methyl sites for hydroxylation is 2. The van der Waals surface area contributed by atoms with Crippen LogP contribution in [0.1, 0.15) is 17.5 Å². The van der Waals surface area contributed by atoms with E-state index in [-0.39, 0.29) is 13.2 Å². The summed E-state index contributed by atoms with van der Waals surface area (Å²) < 4.78 is 0. The molecule has 5 nitrogen and oxygen atoms in total. The van der Waals surface area contributed by atoms with Crippen molar-refractivity contribution in [1.29, 1.82) is 0 Å². The average Bonchev–Trinajstić information content (AvgIpc) is 2.62. The van der Waals surface area contributed by atoms with Gasteiger partial charge in [-0.05, 0) is 42.5 Å². The Balaban J connectivity index is 1.78. The summed E-state index contributed by atoms with van der Waals surface area (Å²) >= 11 is 0. The van der Waals surface area contributed by atoms with Gasteiger partial charge in [-0.3, -0.25) is 9.59 Å². The molecule has 5 heteroatoms.